The van der Waals surface area contributed by atoms with E-state index < -0.39 is 7.12 Å². The molecule has 0 fully saturated rings. The van der Waals surface area contributed by atoms with Crippen LogP contribution in [0.15, 0.2) is 384 Å². The van der Waals surface area contributed by atoms with Crippen molar-refractivity contribution in [1.82, 2.24) is 33.1 Å². The molecular formula is C102H73BBr4N8O4. The van der Waals surface area contributed by atoms with Crippen molar-refractivity contribution in [2.75, 3.05) is 17.7 Å². The van der Waals surface area contributed by atoms with Crippen molar-refractivity contribution in [3.8, 4) is 44.9 Å². The van der Waals surface area contributed by atoms with E-state index in [1.807, 2.05) is 91.0 Å². The van der Waals surface area contributed by atoms with E-state index in [1.165, 1.54) is 91.9 Å². The number of nitrogens with zero attached hydrogens (tertiary/aromatic N) is 7. The summed E-state index contributed by atoms with van der Waals surface area (Å²) in [6.45, 7) is 1.93. The number of alkyl halides is 1. The van der Waals surface area contributed by atoms with Crippen LogP contribution >= 0.6 is 63.7 Å². The van der Waals surface area contributed by atoms with Crippen LogP contribution in [0.3, 0.4) is 0 Å². The fraction of sp³-hybridized carbons (Fsp3) is 0.0294. The van der Waals surface area contributed by atoms with E-state index in [2.05, 4.69) is 337 Å². The van der Waals surface area contributed by atoms with Crippen LogP contribution in [-0.4, -0.2) is 73.1 Å². The van der Waals surface area contributed by atoms with Gasteiger partial charge in [0.25, 0.3) is 0 Å². The van der Waals surface area contributed by atoms with Gasteiger partial charge in [-0.2, -0.15) is 0 Å². The van der Waals surface area contributed by atoms with Crippen molar-refractivity contribution < 1.29 is 19.9 Å². The largest absolute Gasteiger partial charge is 0.489 e. The fourth-order valence-corrected chi connectivity index (χ4v) is 16.6. The minimum absolute atomic E-state index is 0.109. The second-order valence-electron chi connectivity index (χ2n) is 28.5. The Morgan fingerprint density at radius 1 is 0.353 bits per heavy atom. The van der Waals surface area contributed by atoms with Crippen LogP contribution in [0.5, 0.6) is 0 Å². The number of ketones is 1. The quantitative estimate of drug-likeness (QED) is 0.0525. The molecule has 0 aliphatic carbocycles. The number of rotatable bonds is 7. The summed E-state index contributed by atoms with van der Waals surface area (Å²) in [6, 6.07) is 112. The molecule has 5 N–H and O–H groups in total. The van der Waals surface area contributed by atoms with Crippen molar-refractivity contribution >= 4 is 213 Å². The minimum Gasteiger partial charge on any atom is -0.423 e. The van der Waals surface area contributed by atoms with E-state index >= 15 is 0 Å². The summed E-state index contributed by atoms with van der Waals surface area (Å²) in [7, 11) is -1.44. The number of pyridine rings is 4. The monoisotopic (exact) mass is 1800 g/mol. The van der Waals surface area contributed by atoms with Crippen molar-refractivity contribution in [2.45, 2.75) is 6.92 Å². The Morgan fingerprint density at radius 3 is 1.09 bits per heavy atom. The average molecular weight is 1810 g/mol. The second-order valence-corrected chi connectivity index (χ2v) is 31.8. The maximum atomic E-state index is 11.1. The fourth-order valence-electron chi connectivity index (χ4n) is 15.4. The number of Topliss-reactive ketones (excluding diaryl/α,β-unsaturated/α-hetero) is 1. The van der Waals surface area contributed by atoms with Gasteiger partial charge in [-0.05, 0) is 170 Å². The van der Waals surface area contributed by atoms with Crippen molar-refractivity contribution in [2.24, 2.45) is 0 Å². The van der Waals surface area contributed by atoms with Gasteiger partial charge in [-0.1, -0.05) is 331 Å². The zero-order valence-electron chi connectivity index (χ0n) is 64.2. The number of carbonyl (C=O) groups is 1. The van der Waals surface area contributed by atoms with Crippen LogP contribution in [0, 0.1) is 0 Å². The van der Waals surface area contributed by atoms with Crippen molar-refractivity contribution in [3.05, 3.63) is 390 Å². The Kier molecular flexibility index (Phi) is 23.3. The molecule has 0 radical (unpaired) electrons. The molecule has 0 unspecified atom stereocenters. The Labute approximate surface area is 719 Å². The highest BCUT2D eigenvalue weighted by atomic mass is 79.9. The lowest BCUT2D eigenvalue weighted by Gasteiger charge is -2.14. The molecule has 12 nitrogen and oxygen atoms in total. The van der Waals surface area contributed by atoms with Gasteiger partial charge in [0.05, 0.1) is 22.4 Å². The predicted octanol–water partition coefficient (Wildman–Crippen LogP) is 25.7. The van der Waals surface area contributed by atoms with Gasteiger partial charge in [0.1, 0.15) is 22.8 Å². The summed E-state index contributed by atoms with van der Waals surface area (Å²) in [4.78, 5) is 29.6. The smallest absolute Gasteiger partial charge is 0.423 e. The lowest BCUT2D eigenvalue weighted by atomic mass is 9.75. The molecule has 16 aromatic carbocycles. The number of imidazole rings is 3. The lowest BCUT2D eigenvalue weighted by molar-refractivity contribution is 0.102. The number of aromatic nitrogens is 7. The van der Waals surface area contributed by atoms with Gasteiger partial charge in [-0.15, -0.1) is 0 Å². The maximum Gasteiger partial charge on any atom is 0.489 e. The topological polar surface area (TPSA) is 169 Å². The molecule has 17 heteroatoms. The molecule has 576 valence electrons. The highest BCUT2D eigenvalue weighted by Gasteiger charge is 2.19. The molecule has 0 spiro atoms. The molecule has 7 heterocycles. The molecule has 119 heavy (non-hydrogen) atoms. The number of hydrogen-bond donors (Lipinski definition) is 4. The van der Waals surface area contributed by atoms with Crippen LogP contribution in [0.1, 0.15) is 17.3 Å². The van der Waals surface area contributed by atoms with Crippen molar-refractivity contribution in [3.63, 3.8) is 0 Å². The summed E-state index contributed by atoms with van der Waals surface area (Å²) < 4.78 is 9.43. The highest BCUT2D eigenvalue weighted by Crippen LogP contribution is 2.41. The molecule has 0 saturated carbocycles. The zero-order chi connectivity index (χ0) is 81.6. The Balaban J connectivity index is 0.000000106. The number of aliphatic hydroxyl groups excluding tert-OH is 1. The number of carbonyl (C=O) groups excluding carboxylic acids is 1. The first-order chi connectivity index (χ1) is 58.2. The number of hydrogen-bond acceptors (Lipinski definition) is 9. The Hall–Kier alpha value is -12.8. The van der Waals surface area contributed by atoms with Gasteiger partial charge in [0.15, 0.2) is 5.78 Å². The van der Waals surface area contributed by atoms with Gasteiger partial charge in [-0.25, -0.2) is 19.9 Å². The van der Waals surface area contributed by atoms with Crippen molar-refractivity contribution in [1.29, 1.82) is 0 Å². The van der Waals surface area contributed by atoms with E-state index in [-0.39, 0.29) is 12.4 Å². The van der Waals surface area contributed by atoms with E-state index in [0.29, 0.717) is 16.6 Å². The number of nitrogen functional groups attached to an aromatic ring is 1. The van der Waals surface area contributed by atoms with Gasteiger partial charge in [0.2, 0.25) is 0 Å². The average Bonchev–Trinajstić information content (AvgIpc) is 1.68. The molecule has 0 aliphatic heterocycles. The minimum atomic E-state index is -1.44. The summed E-state index contributed by atoms with van der Waals surface area (Å²) >= 11 is 13.3. The van der Waals surface area contributed by atoms with Crippen LogP contribution in [0.2, 0.25) is 0 Å². The molecule has 0 atom stereocenters. The molecule has 0 saturated heterocycles. The Bertz CT molecular complexity index is 7400. The summed E-state index contributed by atoms with van der Waals surface area (Å²) in [5.41, 5.74) is 18.8. The molecule has 0 aliphatic rings. The standard InChI is InChI=1S/C33H20N2.2C17H11BrN2.C16H11BO2.C9H8N2.C8H6Br2O.C2H6O/c1-2-7-28-21(4-1)18-19-35-20-30(34-33(28)35)23-10-8-22(9-11-23)27-16-14-26-13-12-24-5-3-6-25-15-17-29(27)32(26)31(24)25;2*18-14-7-5-13(6-8-14)16-11-20-10-9-12-3-1-2-4-15(12)17(20)19-16;18-17(19)14-9-7-12-5-4-10-2-1-3-11-6-8-13(14)16(12)15(10)11;10-9-8-4-2-1-3-7(8)5-6-11-9;9-5-8(11)6-1-3-7(10)4-2-6;1-2-3/h1-20H;2*1-11H;1-9,18-19H;1-6H,(H2,10,11);1-4H,5H2;3H,2H2,1H3. The first-order valence-electron chi connectivity index (χ1n) is 38.7. The molecule has 0 bridgehead atoms. The van der Waals surface area contributed by atoms with Crippen LogP contribution in [0.4, 0.5) is 5.82 Å². The summed E-state index contributed by atoms with van der Waals surface area (Å²) in [5, 5.41) is 50.9. The van der Waals surface area contributed by atoms with E-state index in [4.69, 9.17) is 25.8 Å². The van der Waals surface area contributed by atoms with Crippen LogP contribution in [-0.2, 0) is 0 Å². The molecule has 7 aromatic heterocycles. The first-order valence-corrected chi connectivity index (χ1v) is 42.2. The number of aliphatic hydroxyl groups is 1. The number of fused-ring (bicyclic) bond motifs is 10. The summed E-state index contributed by atoms with van der Waals surface area (Å²) in [5.74, 6) is 0.709. The summed E-state index contributed by atoms with van der Waals surface area (Å²) in [6.07, 6.45) is 14.2. The number of halogens is 4. The normalized spacial score (nSPS) is 11.2. The van der Waals surface area contributed by atoms with Gasteiger partial charge >= 0.3 is 7.12 Å². The third-order valence-corrected chi connectivity index (χ3v) is 23.3. The van der Waals surface area contributed by atoms with Gasteiger partial charge in [0, 0.05) is 107 Å². The van der Waals surface area contributed by atoms with Crippen LogP contribution in [0.25, 0.3) is 170 Å². The number of nitrogens with two attached hydrogens (primary N) is 1. The lowest BCUT2D eigenvalue weighted by Crippen LogP contribution is -2.30. The van der Waals surface area contributed by atoms with Gasteiger partial charge < -0.3 is 34.1 Å². The highest BCUT2D eigenvalue weighted by molar-refractivity contribution is 9.11. The number of anilines is 1. The zero-order valence-corrected chi connectivity index (χ0v) is 70.5. The molecule has 23 aromatic rings. The molecule has 23 rings (SSSR count). The molecular weight excluding hydrogens is 1730 g/mol. The maximum absolute atomic E-state index is 11.1. The van der Waals surface area contributed by atoms with Crippen LogP contribution < -0.4 is 11.2 Å². The first kappa shape index (κ1) is 78.7. The number of benzene rings is 16. The van der Waals surface area contributed by atoms with E-state index in [9.17, 15) is 14.8 Å². The van der Waals surface area contributed by atoms with E-state index in [0.717, 1.165) is 96.6 Å². The third kappa shape index (κ3) is 16.5. The SMILES string of the molecule is Brc1ccc(-c2cn3ccc4ccccc4c3n2)cc1.Brc1ccc(-c2cn3ccc4ccccc4c3n2)cc1.CCO.Nc1nccc2ccccc12.O=C(CBr)c1ccc(Br)cc1.OB(O)c1ccc2ccc3cccc4ccc1c2c34.c1ccc2c(c1)ccn1cc(-c3ccc(-c4ccc5ccc6cccc7ccc4c5c67)cc3)nc21. The third-order valence-electron chi connectivity index (χ3n) is 21.2. The van der Waals surface area contributed by atoms with E-state index in [1.54, 1.807) is 31.3 Å². The second kappa shape index (κ2) is 35.2. The van der Waals surface area contributed by atoms with Gasteiger partial charge in [-0.3, -0.25) is 4.79 Å². The Morgan fingerprint density at radius 2 is 0.681 bits per heavy atom. The molecule has 0 amide bonds. The predicted molar refractivity (Wildman–Crippen MR) is 510 cm³/mol.